The van der Waals surface area contributed by atoms with Crippen LogP contribution in [-0.4, -0.2) is 59.9 Å². The fourth-order valence-corrected chi connectivity index (χ4v) is 3.22. The first kappa shape index (κ1) is 18.2. The van der Waals surface area contributed by atoms with Crippen molar-refractivity contribution in [1.82, 2.24) is 14.8 Å². The van der Waals surface area contributed by atoms with Crippen molar-refractivity contribution in [2.75, 3.05) is 33.3 Å². The molecule has 0 bridgehead atoms. The second kappa shape index (κ2) is 8.19. The number of hydrogen-bond donors (Lipinski definition) is 0. The number of carbonyl (C=O) groups excluding carboxylic acids is 2. The van der Waals surface area contributed by atoms with Crippen LogP contribution in [0, 0.1) is 0 Å². The highest BCUT2D eigenvalue weighted by Gasteiger charge is 2.25. The van der Waals surface area contributed by atoms with E-state index in [2.05, 4.69) is 4.98 Å². The zero-order chi connectivity index (χ0) is 18.5. The number of pyridine rings is 1. The molecule has 0 unspecified atom stereocenters. The summed E-state index contributed by atoms with van der Waals surface area (Å²) < 4.78 is 5.12. The standard InChI is InChI=1S/C19H20ClN3O3/c1-26-17-5-4-14(11-16(17)20)12-18(24)22-7-9-23(10-8-22)19(25)15-3-2-6-21-13-15/h2-6,11,13H,7-10,12H2,1H3. The SMILES string of the molecule is COc1ccc(CC(=O)N2CCN(C(=O)c3cccnc3)CC2)cc1Cl. The topological polar surface area (TPSA) is 62.7 Å². The Kier molecular flexibility index (Phi) is 5.73. The lowest BCUT2D eigenvalue weighted by Crippen LogP contribution is -2.51. The lowest BCUT2D eigenvalue weighted by atomic mass is 10.1. The molecule has 0 aliphatic carbocycles. The van der Waals surface area contributed by atoms with E-state index in [0.29, 0.717) is 42.5 Å². The number of benzene rings is 1. The van der Waals surface area contributed by atoms with E-state index < -0.39 is 0 Å². The zero-order valence-electron chi connectivity index (χ0n) is 14.5. The lowest BCUT2D eigenvalue weighted by Gasteiger charge is -2.34. The molecule has 26 heavy (non-hydrogen) atoms. The first-order valence-corrected chi connectivity index (χ1v) is 8.76. The number of amides is 2. The van der Waals surface area contributed by atoms with Gasteiger partial charge < -0.3 is 14.5 Å². The minimum absolute atomic E-state index is 0.0275. The van der Waals surface area contributed by atoms with Crippen molar-refractivity contribution < 1.29 is 14.3 Å². The van der Waals surface area contributed by atoms with Gasteiger partial charge in [-0.2, -0.15) is 0 Å². The third kappa shape index (κ3) is 4.14. The van der Waals surface area contributed by atoms with Crippen molar-refractivity contribution in [3.8, 4) is 5.75 Å². The Morgan fingerprint density at radius 3 is 2.50 bits per heavy atom. The van der Waals surface area contributed by atoms with Crippen molar-refractivity contribution in [3.05, 3.63) is 58.9 Å². The molecule has 1 saturated heterocycles. The average molecular weight is 374 g/mol. The van der Waals surface area contributed by atoms with Gasteiger partial charge in [0.1, 0.15) is 5.75 Å². The Morgan fingerprint density at radius 1 is 1.15 bits per heavy atom. The molecule has 1 aromatic heterocycles. The van der Waals surface area contributed by atoms with Crippen LogP contribution in [0.5, 0.6) is 5.75 Å². The van der Waals surface area contributed by atoms with Crippen molar-refractivity contribution in [3.63, 3.8) is 0 Å². The lowest BCUT2D eigenvalue weighted by molar-refractivity contribution is -0.131. The van der Waals surface area contributed by atoms with Gasteiger partial charge in [-0.1, -0.05) is 17.7 Å². The fourth-order valence-electron chi connectivity index (χ4n) is 2.94. The second-order valence-electron chi connectivity index (χ2n) is 6.06. The monoisotopic (exact) mass is 373 g/mol. The molecular formula is C19H20ClN3O3. The molecule has 0 saturated carbocycles. The number of halogens is 1. The predicted octanol–water partition coefficient (Wildman–Crippen LogP) is 2.27. The molecule has 7 heteroatoms. The zero-order valence-corrected chi connectivity index (χ0v) is 15.3. The molecule has 0 atom stereocenters. The molecule has 6 nitrogen and oxygen atoms in total. The normalized spacial score (nSPS) is 14.2. The Labute approximate surface area is 157 Å². The number of ether oxygens (including phenoxy) is 1. The molecule has 2 aromatic rings. The average Bonchev–Trinajstić information content (AvgIpc) is 2.68. The summed E-state index contributed by atoms with van der Waals surface area (Å²) in [5.41, 5.74) is 1.41. The Hall–Kier alpha value is -2.60. The van der Waals surface area contributed by atoms with E-state index >= 15 is 0 Å². The van der Waals surface area contributed by atoms with Crippen LogP contribution in [-0.2, 0) is 11.2 Å². The molecule has 136 valence electrons. The quantitative estimate of drug-likeness (QED) is 0.824. The first-order valence-electron chi connectivity index (χ1n) is 8.38. The minimum Gasteiger partial charge on any atom is -0.495 e. The molecule has 1 aliphatic rings. The number of carbonyl (C=O) groups is 2. The van der Waals surface area contributed by atoms with Crippen molar-refractivity contribution in [1.29, 1.82) is 0 Å². The van der Waals surface area contributed by atoms with Crippen LogP contribution >= 0.6 is 11.6 Å². The molecule has 2 heterocycles. The highest BCUT2D eigenvalue weighted by atomic mass is 35.5. The maximum Gasteiger partial charge on any atom is 0.255 e. The van der Waals surface area contributed by atoms with Gasteiger partial charge in [-0.15, -0.1) is 0 Å². The van der Waals surface area contributed by atoms with Crippen LogP contribution in [0.3, 0.4) is 0 Å². The summed E-state index contributed by atoms with van der Waals surface area (Å²) in [7, 11) is 1.55. The van der Waals surface area contributed by atoms with E-state index in [4.69, 9.17) is 16.3 Å². The number of rotatable bonds is 4. The van der Waals surface area contributed by atoms with Gasteiger partial charge >= 0.3 is 0 Å². The summed E-state index contributed by atoms with van der Waals surface area (Å²) >= 11 is 6.11. The van der Waals surface area contributed by atoms with Crippen LogP contribution in [0.1, 0.15) is 15.9 Å². The van der Waals surface area contributed by atoms with Crippen LogP contribution in [0.2, 0.25) is 5.02 Å². The molecule has 0 radical (unpaired) electrons. The smallest absolute Gasteiger partial charge is 0.255 e. The highest BCUT2D eigenvalue weighted by molar-refractivity contribution is 6.32. The summed E-state index contributed by atoms with van der Waals surface area (Å²) in [6.07, 6.45) is 3.48. The van der Waals surface area contributed by atoms with Crippen molar-refractivity contribution in [2.45, 2.75) is 6.42 Å². The number of hydrogen-bond acceptors (Lipinski definition) is 4. The molecule has 2 amide bonds. The number of methoxy groups -OCH3 is 1. The molecule has 0 N–H and O–H groups in total. The fraction of sp³-hybridized carbons (Fsp3) is 0.316. The van der Waals surface area contributed by atoms with Crippen LogP contribution < -0.4 is 4.74 Å². The van der Waals surface area contributed by atoms with E-state index in [1.807, 2.05) is 6.07 Å². The second-order valence-corrected chi connectivity index (χ2v) is 6.47. The van der Waals surface area contributed by atoms with Gasteiger partial charge in [-0.3, -0.25) is 14.6 Å². The molecule has 3 rings (SSSR count). The Morgan fingerprint density at radius 2 is 1.88 bits per heavy atom. The molecule has 1 fully saturated rings. The van der Waals surface area contributed by atoms with Crippen LogP contribution in [0.4, 0.5) is 0 Å². The maximum atomic E-state index is 12.5. The number of piperazine rings is 1. The van der Waals surface area contributed by atoms with Gasteiger partial charge in [0, 0.05) is 38.6 Å². The van der Waals surface area contributed by atoms with Gasteiger partial charge in [0.15, 0.2) is 0 Å². The van der Waals surface area contributed by atoms with Crippen molar-refractivity contribution in [2.24, 2.45) is 0 Å². The van der Waals surface area contributed by atoms with Gasteiger partial charge in [0.05, 0.1) is 24.1 Å². The van der Waals surface area contributed by atoms with Gasteiger partial charge in [0.25, 0.3) is 5.91 Å². The van der Waals surface area contributed by atoms with Crippen LogP contribution in [0.25, 0.3) is 0 Å². The van der Waals surface area contributed by atoms with Gasteiger partial charge in [-0.05, 0) is 29.8 Å². The van der Waals surface area contributed by atoms with E-state index in [9.17, 15) is 9.59 Å². The van der Waals surface area contributed by atoms with E-state index in [1.54, 1.807) is 53.6 Å². The predicted molar refractivity (Wildman–Crippen MR) is 98.4 cm³/mol. The van der Waals surface area contributed by atoms with Gasteiger partial charge in [0.2, 0.25) is 5.91 Å². The summed E-state index contributed by atoms with van der Waals surface area (Å²) in [4.78, 5) is 32.5. The molecule has 1 aromatic carbocycles. The van der Waals surface area contributed by atoms with Crippen molar-refractivity contribution >= 4 is 23.4 Å². The highest BCUT2D eigenvalue weighted by Crippen LogP contribution is 2.25. The minimum atomic E-state index is -0.0489. The summed E-state index contributed by atoms with van der Waals surface area (Å²) in [6.45, 7) is 2.08. The summed E-state index contributed by atoms with van der Waals surface area (Å²) in [5.74, 6) is 0.567. The Balaban J connectivity index is 1.55. The third-order valence-electron chi connectivity index (χ3n) is 4.40. The maximum absolute atomic E-state index is 12.5. The molecular weight excluding hydrogens is 354 g/mol. The number of aromatic nitrogens is 1. The first-order chi connectivity index (χ1) is 12.6. The van der Waals surface area contributed by atoms with Crippen LogP contribution in [0.15, 0.2) is 42.7 Å². The number of nitrogens with zero attached hydrogens (tertiary/aromatic N) is 3. The Bertz CT molecular complexity index is 790. The largest absolute Gasteiger partial charge is 0.495 e. The van der Waals surface area contributed by atoms with E-state index in [-0.39, 0.29) is 18.2 Å². The summed E-state index contributed by atoms with van der Waals surface area (Å²) in [6, 6.07) is 8.84. The molecule has 1 aliphatic heterocycles. The third-order valence-corrected chi connectivity index (χ3v) is 4.70. The van der Waals surface area contributed by atoms with E-state index in [0.717, 1.165) is 5.56 Å². The molecule has 0 spiro atoms. The van der Waals surface area contributed by atoms with E-state index in [1.165, 1.54) is 0 Å². The van der Waals surface area contributed by atoms with Gasteiger partial charge in [-0.25, -0.2) is 0 Å². The summed E-state index contributed by atoms with van der Waals surface area (Å²) in [5, 5.41) is 0.490.